The number of nitrogens with zero attached hydrogens (tertiary/aromatic N) is 1. The molecule has 1 aliphatic rings. The second-order valence-electron chi connectivity index (χ2n) is 3.82. The average Bonchev–Trinajstić information content (AvgIpc) is 2.17. The van der Waals surface area contributed by atoms with Crippen LogP contribution in [0.1, 0.15) is 27.2 Å². The first kappa shape index (κ1) is 8.72. The van der Waals surface area contributed by atoms with Crippen LogP contribution in [0.2, 0.25) is 0 Å². The molecule has 2 atom stereocenters. The summed E-state index contributed by atoms with van der Waals surface area (Å²) < 4.78 is 0. The molecule has 64 valence electrons. The van der Waals surface area contributed by atoms with Crippen molar-refractivity contribution in [2.75, 3.05) is 7.05 Å². The maximum Gasteiger partial charge on any atom is 0.151 e. The number of rotatable bonds is 1. The van der Waals surface area contributed by atoms with Crippen LogP contribution in [0, 0.1) is 5.92 Å². The van der Waals surface area contributed by atoms with Crippen LogP contribution in [-0.4, -0.2) is 29.8 Å². The van der Waals surface area contributed by atoms with E-state index in [1.165, 1.54) is 0 Å². The summed E-state index contributed by atoms with van der Waals surface area (Å²) >= 11 is 0. The summed E-state index contributed by atoms with van der Waals surface area (Å²) in [4.78, 5) is 13.4. The van der Waals surface area contributed by atoms with Crippen molar-refractivity contribution in [3.05, 3.63) is 0 Å². The minimum atomic E-state index is 0.141. The first-order valence-electron chi connectivity index (χ1n) is 4.28. The first-order valence-corrected chi connectivity index (χ1v) is 4.28. The number of hydrogen-bond donors (Lipinski definition) is 0. The van der Waals surface area contributed by atoms with Gasteiger partial charge in [-0.15, -0.1) is 0 Å². The molecular formula is C9H17NO. The summed E-state index contributed by atoms with van der Waals surface area (Å²) in [7, 11) is 2.04. The molecule has 11 heavy (non-hydrogen) atoms. The van der Waals surface area contributed by atoms with E-state index in [0.29, 0.717) is 17.7 Å². The molecule has 0 saturated carbocycles. The van der Waals surface area contributed by atoms with Crippen LogP contribution in [0.15, 0.2) is 0 Å². The van der Waals surface area contributed by atoms with Crippen LogP contribution < -0.4 is 0 Å². The van der Waals surface area contributed by atoms with Crippen molar-refractivity contribution in [1.29, 1.82) is 0 Å². The summed E-state index contributed by atoms with van der Waals surface area (Å²) in [6.07, 6.45) is 0.745. The molecule has 0 aromatic rings. The first-order chi connectivity index (χ1) is 5.04. The minimum Gasteiger partial charge on any atom is -0.298 e. The highest BCUT2D eigenvalue weighted by molar-refractivity contribution is 5.86. The number of hydrogen-bond acceptors (Lipinski definition) is 2. The van der Waals surface area contributed by atoms with Crippen LogP contribution in [0.3, 0.4) is 0 Å². The second-order valence-corrected chi connectivity index (χ2v) is 3.82. The molecule has 0 N–H and O–H groups in total. The number of carbonyl (C=O) groups is 1. The number of likely N-dealkylation sites (tertiary alicyclic amines) is 1. The van der Waals surface area contributed by atoms with Crippen LogP contribution >= 0.6 is 0 Å². The monoisotopic (exact) mass is 155 g/mol. The predicted octanol–water partition coefficient (Wildman–Crippen LogP) is 1.30. The maximum absolute atomic E-state index is 11.3. The van der Waals surface area contributed by atoms with E-state index in [1.807, 2.05) is 14.0 Å². The largest absolute Gasteiger partial charge is 0.298 e. The number of Topliss-reactive ketones (excluding diaryl/α,β-unsaturated/α-hetero) is 1. The minimum absolute atomic E-state index is 0.141. The van der Waals surface area contributed by atoms with Crippen molar-refractivity contribution in [2.45, 2.75) is 39.3 Å². The molecule has 1 saturated heterocycles. The zero-order chi connectivity index (χ0) is 8.59. The Labute approximate surface area is 68.6 Å². The third-order valence-electron chi connectivity index (χ3n) is 2.78. The van der Waals surface area contributed by atoms with Crippen molar-refractivity contribution in [3.63, 3.8) is 0 Å². The predicted molar refractivity (Wildman–Crippen MR) is 45.5 cm³/mol. The molecule has 1 rings (SSSR count). The summed E-state index contributed by atoms with van der Waals surface area (Å²) in [6, 6.07) is 0.611. The Morgan fingerprint density at radius 2 is 2.09 bits per heavy atom. The lowest BCUT2D eigenvalue weighted by molar-refractivity contribution is -0.119. The van der Waals surface area contributed by atoms with E-state index < -0.39 is 0 Å². The standard InChI is InChI=1S/C9H17NO/c1-6(2)8-5-9(11)7(3)10(8)4/h6-8H,5H2,1-4H3. The molecule has 2 nitrogen and oxygen atoms in total. The molecule has 1 aliphatic heterocycles. The third-order valence-corrected chi connectivity index (χ3v) is 2.78. The van der Waals surface area contributed by atoms with Crippen molar-refractivity contribution in [3.8, 4) is 0 Å². The Hall–Kier alpha value is -0.370. The van der Waals surface area contributed by atoms with Gasteiger partial charge in [0.25, 0.3) is 0 Å². The van der Waals surface area contributed by atoms with E-state index in [2.05, 4.69) is 18.7 Å². The fourth-order valence-corrected chi connectivity index (χ4v) is 1.74. The lowest BCUT2D eigenvalue weighted by Crippen LogP contribution is -2.34. The summed E-state index contributed by atoms with van der Waals surface area (Å²) in [6.45, 7) is 6.34. The fourth-order valence-electron chi connectivity index (χ4n) is 1.74. The van der Waals surface area contributed by atoms with E-state index in [1.54, 1.807) is 0 Å². The zero-order valence-electron chi connectivity index (χ0n) is 7.79. The van der Waals surface area contributed by atoms with E-state index >= 15 is 0 Å². The molecule has 1 heterocycles. The quantitative estimate of drug-likeness (QED) is 0.569. The van der Waals surface area contributed by atoms with Crippen molar-refractivity contribution in [1.82, 2.24) is 4.90 Å². The molecule has 0 aromatic carbocycles. The second kappa shape index (κ2) is 2.94. The maximum atomic E-state index is 11.3. The Bertz CT molecular complexity index is 165. The van der Waals surface area contributed by atoms with Gasteiger partial charge in [0.15, 0.2) is 5.78 Å². The normalized spacial score (nSPS) is 33.7. The highest BCUT2D eigenvalue weighted by Gasteiger charge is 2.35. The van der Waals surface area contributed by atoms with Gasteiger partial charge in [0.05, 0.1) is 6.04 Å². The van der Waals surface area contributed by atoms with Gasteiger partial charge >= 0.3 is 0 Å². The van der Waals surface area contributed by atoms with Crippen LogP contribution in [0.5, 0.6) is 0 Å². The number of likely N-dealkylation sites (N-methyl/N-ethyl adjacent to an activating group) is 1. The van der Waals surface area contributed by atoms with Crippen molar-refractivity contribution < 1.29 is 4.79 Å². The van der Waals surface area contributed by atoms with Crippen LogP contribution in [0.25, 0.3) is 0 Å². The van der Waals surface area contributed by atoms with Crippen LogP contribution in [-0.2, 0) is 4.79 Å². The van der Waals surface area contributed by atoms with Crippen LogP contribution in [0.4, 0.5) is 0 Å². The fraction of sp³-hybridized carbons (Fsp3) is 0.889. The summed E-state index contributed by atoms with van der Waals surface area (Å²) in [5.41, 5.74) is 0. The van der Waals surface area contributed by atoms with E-state index in [-0.39, 0.29) is 6.04 Å². The Kier molecular flexibility index (Phi) is 2.33. The van der Waals surface area contributed by atoms with Gasteiger partial charge in [0, 0.05) is 12.5 Å². The molecule has 1 fully saturated rings. The smallest absolute Gasteiger partial charge is 0.151 e. The Morgan fingerprint density at radius 3 is 2.27 bits per heavy atom. The van der Waals surface area contributed by atoms with E-state index in [4.69, 9.17) is 0 Å². The Balaban J connectivity index is 2.67. The van der Waals surface area contributed by atoms with Gasteiger partial charge in [-0.05, 0) is 19.9 Å². The van der Waals surface area contributed by atoms with Gasteiger partial charge in [-0.1, -0.05) is 13.8 Å². The highest BCUT2D eigenvalue weighted by Crippen LogP contribution is 2.23. The topological polar surface area (TPSA) is 20.3 Å². The summed E-state index contributed by atoms with van der Waals surface area (Å²) in [5.74, 6) is 0.986. The van der Waals surface area contributed by atoms with Gasteiger partial charge < -0.3 is 0 Å². The lowest BCUT2D eigenvalue weighted by Gasteiger charge is -2.24. The number of ketones is 1. The van der Waals surface area contributed by atoms with Gasteiger partial charge in [-0.2, -0.15) is 0 Å². The molecule has 2 unspecified atom stereocenters. The molecule has 0 radical (unpaired) electrons. The molecule has 2 heteroatoms. The number of carbonyl (C=O) groups excluding carboxylic acids is 1. The molecule has 0 bridgehead atoms. The molecular weight excluding hydrogens is 138 g/mol. The van der Waals surface area contributed by atoms with E-state index in [9.17, 15) is 4.79 Å². The third kappa shape index (κ3) is 1.45. The SMILES string of the molecule is CC(C)C1CC(=O)C(C)N1C. The lowest BCUT2D eigenvalue weighted by atomic mass is 10.0. The van der Waals surface area contributed by atoms with Gasteiger partial charge in [-0.25, -0.2) is 0 Å². The average molecular weight is 155 g/mol. The molecule has 0 aliphatic carbocycles. The summed E-state index contributed by atoms with van der Waals surface area (Å²) in [5, 5.41) is 0. The van der Waals surface area contributed by atoms with Gasteiger partial charge in [0.1, 0.15) is 0 Å². The van der Waals surface area contributed by atoms with Gasteiger partial charge in [0.2, 0.25) is 0 Å². The van der Waals surface area contributed by atoms with E-state index in [0.717, 1.165) is 6.42 Å². The molecule has 0 amide bonds. The van der Waals surface area contributed by atoms with Crippen molar-refractivity contribution >= 4 is 5.78 Å². The van der Waals surface area contributed by atoms with Gasteiger partial charge in [-0.3, -0.25) is 9.69 Å². The molecule has 0 spiro atoms. The van der Waals surface area contributed by atoms with Crippen molar-refractivity contribution in [2.24, 2.45) is 5.92 Å². The Morgan fingerprint density at radius 1 is 1.55 bits per heavy atom. The molecule has 0 aromatic heterocycles. The zero-order valence-corrected chi connectivity index (χ0v) is 7.79. The highest BCUT2D eigenvalue weighted by atomic mass is 16.1.